The van der Waals surface area contributed by atoms with Crippen LogP contribution in [0.5, 0.6) is 5.75 Å². The van der Waals surface area contributed by atoms with Crippen LogP contribution in [0.25, 0.3) is 0 Å². The molecule has 6 nitrogen and oxygen atoms in total. The van der Waals surface area contributed by atoms with E-state index in [1.807, 2.05) is 6.92 Å². The van der Waals surface area contributed by atoms with Crippen molar-refractivity contribution in [3.8, 4) is 5.75 Å². The van der Waals surface area contributed by atoms with E-state index in [0.717, 1.165) is 11.5 Å². The van der Waals surface area contributed by atoms with Gasteiger partial charge in [0.1, 0.15) is 0 Å². The van der Waals surface area contributed by atoms with E-state index in [9.17, 15) is 0 Å². The summed E-state index contributed by atoms with van der Waals surface area (Å²) in [6, 6.07) is 0.194. The van der Waals surface area contributed by atoms with E-state index in [1.54, 1.807) is 14.2 Å². The molecule has 19 heavy (non-hydrogen) atoms. The van der Waals surface area contributed by atoms with E-state index in [-0.39, 0.29) is 6.04 Å². The zero-order chi connectivity index (χ0) is 14.3. The standard InChI is InChI=1S/C12H23N3O3S/c1-5-18-10-11(13)14-19-12(10)15(6-7-16-3)9(2)8-17-4/h9H,5-8H2,1-4H3,(H2,13,14). The third-order valence-corrected chi connectivity index (χ3v) is 3.56. The van der Waals surface area contributed by atoms with E-state index < -0.39 is 0 Å². The Bertz CT molecular complexity index is 373. The molecule has 0 aromatic carbocycles. The largest absolute Gasteiger partial charge is 0.487 e. The Kier molecular flexibility index (Phi) is 6.90. The number of nitrogen functional groups attached to an aromatic ring is 1. The van der Waals surface area contributed by atoms with Gasteiger partial charge < -0.3 is 24.8 Å². The van der Waals surface area contributed by atoms with Crippen molar-refractivity contribution in [1.82, 2.24) is 4.37 Å². The number of hydrogen-bond donors (Lipinski definition) is 1. The molecule has 0 radical (unpaired) electrons. The summed E-state index contributed by atoms with van der Waals surface area (Å²) in [5, 5.41) is 0.931. The number of ether oxygens (including phenoxy) is 3. The summed E-state index contributed by atoms with van der Waals surface area (Å²) in [5.74, 6) is 1.10. The molecule has 0 spiro atoms. The molecule has 2 N–H and O–H groups in total. The summed E-state index contributed by atoms with van der Waals surface area (Å²) in [4.78, 5) is 2.16. The highest BCUT2D eigenvalue weighted by Gasteiger charge is 2.23. The van der Waals surface area contributed by atoms with Crippen molar-refractivity contribution in [2.75, 3.05) is 51.2 Å². The van der Waals surface area contributed by atoms with Crippen molar-refractivity contribution in [3.05, 3.63) is 0 Å². The van der Waals surface area contributed by atoms with Gasteiger partial charge in [0.05, 0.1) is 25.9 Å². The Morgan fingerprint density at radius 2 is 2.11 bits per heavy atom. The van der Waals surface area contributed by atoms with Crippen LogP contribution in [-0.2, 0) is 9.47 Å². The molecule has 0 amide bonds. The number of aromatic nitrogens is 1. The second-order valence-electron chi connectivity index (χ2n) is 4.13. The molecule has 0 fully saturated rings. The Morgan fingerprint density at radius 1 is 1.37 bits per heavy atom. The molecule has 7 heteroatoms. The lowest BCUT2D eigenvalue weighted by Crippen LogP contribution is -2.38. The number of hydrogen-bond acceptors (Lipinski definition) is 7. The fourth-order valence-electron chi connectivity index (χ4n) is 1.79. The number of nitrogens with two attached hydrogens (primary N) is 1. The maximum Gasteiger partial charge on any atom is 0.197 e. The van der Waals surface area contributed by atoms with Crippen LogP contribution in [0.2, 0.25) is 0 Å². The summed E-state index contributed by atoms with van der Waals surface area (Å²) in [7, 11) is 3.37. The predicted molar refractivity (Wildman–Crippen MR) is 78.3 cm³/mol. The second-order valence-corrected chi connectivity index (χ2v) is 4.88. The number of nitrogens with zero attached hydrogens (tertiary/aromatic N) is 2. The first-order valence-electron chi connectivity index (χ1n) is 6.28. The van der Waals surface area contributed by atoms with Crippen molar-refractivity contribution in [3.63, 3.8) is 0 Å². The zero-order valence-electron chi connectivity index (χ0n) is 12.0. The second kappa shape index (κ2) is 8.19. The molecule has 0 aliphatic carbocycles. The minimum absolute atomic E-state index is 0.194. The van der Waals surface area contributed by atoms with Crippen molar-refractivity contribution in [1.29, 1.82) is 0 Å². The molecule has 110 valence electrons. The molecule has 0 bridgehead atoms. The molecule has 0 aliphatic heterocycles. The number of anilines is 2. The van der Waals surface area contributed by atoms with Gasteiger partial charge in [-0.15, -0.1) is 0 Å². The van der Waals surface area contributed by atoms with Gasteiger partial charge in [-0.25, -0.2) is 0 Å². The molecule has 0 saturated carbocycles. The first-order chi connectivity index (χ1) is 9.15. The van der Waals surface area contributed by atoms with Gasteiger partial charge in [0.25, 0.3) is 0 Å². The first-order valence-corrected chi connectivity index (χ1v) is 7.05. The van der Waals surface area contributed by atoms with Crippen molar-refractivity contribution in [2.24, 2.45) is 0 Å². The quantitative estimate of drug-likeness (QED) is 0.745. The van der Waals surface area contributed by atoms with Gasteiger partial charge in [0, 0.05) is 20.8 Å². The maximum absolute atomic E-state index is 5.85. The van der Waals surface area contributed by atoms with Crippen LogP contribution in [0.15, 0.2) is 0 Å². The monoisotopic (exact) mass is 289 g/mol. The lowest BCUT2D eigenvalue weighted by atomic mass is 10.3. The number of methoxy groups -OCH3 is 2. The lowest BCUT2D eigenvalue weighted by molar-refractivity contribution is 0.171. The molecule has 1 heterocycles. The average Bonchev–Trinajstić information content (AvgIpc) is 2.73. The molecule has 1 aromatic rings. The van der Waals surface area contributed by atoms with E-state index >= 15 is 0 Å². The topological polar surface area (TPSA) is 69.8 Å². The van der Waals surface area contributed by atoms with Crippen LogP contribution in [0.1, 0.15) is 13.8 Å². The highest BCUT2D eigenvalue weighted by molar-refractivity contribution is 7.11. The van der Waals surface area contributed by atoms with Crippen LogP contribution in [-0.4, -0.2) is 51.0 Å². The molecule has 1 unspecified atom stereocenters. The fourth-order valence-corrected chi connectivity index (χ4v) is 2.68. The highest BCUT2D eigenvalue weighted by Crippen LogP contribution is 2.39. The van der Waals surface area contributed by atoms with Crippen molar-refractivity contribution in [2.45, 2.75) is 19.9 Å². The molecular weight excluding hydrogens is 266 g/mol. The van der Waals surface area contributed by atoms with Crippen LogP contribution in [0.4, 0.5) is 10.8 Å². The minimum atomic E-state index is 0.194. The normalized spacial score (nSPS) is 12.4. The Hall–Kier alpha value is -1.05. The summed E-state index contributed by atoms with van der Waals surface area (Å²) in [5.41, 5.74) is 5.85. The summed E-state index contributed by atoms with van der Waals surface area (Å²) < 4.78 is 20.2. The fraction of sp³-hybridized carbons (Fsp3) is 0.750. The smallest absolute Gasteiger partial charge is 0.197 e. The van der Waals surface area contributed by atoms with Gasteiger partial charge >= 0.3 is 0 Å². The summed E-state index contributed by atoms with van der Waals surface area (Å²) in [6.45, 7) is 6.56. The third-order valence-electron chi connectivity index (χ3n) is 2.68. The zero-order valence-corrected chi connectivity index (χ0v) is 12.8. The van der Waals surface area contributed by atoms with Crippen LogP contribution < -0.4 is 15.4 Å². The molecule has 0 saturated heterocycles. The molecule has 1 rings (SSSR count). The SMILES string of the molecule is CCOc1c(N)nsc1N(CCOC)C(C)COC. The van der Waals surface area contributed by atoms with Gasteiger partial charge in [0.15, 0.2) is 16.6 Å². The van der Waals surface area contributed by atoms with Crippen molar-refractivity contribution >= 4 is 22.4 Å². The Labute approximate surface area is 118 Å². The van der Waals surface area contributed by atoms with Gasteiger partial charge in [0.2, 0.25) is 0 Å². The Morgan fingerprint density at radius 3 is 2.68 bits per heavy atom. The lowest BCUT2D eigenvalue weighted by Gasteiger charge is -2.29. The first kappa shape index (κ1) is 16.0. The predicted octanol–water partition coefficient (Wildman–Crippen LogP) is 1.61. The van der Waals surface area contributed by atoms with Gasteiger partial charge in [-0.2, -0.15) is 4.37 Å². The van der Waals surface area contributed by atoms with Crippen LogP contribution in [0, 0.1) is 0 Å². The molecule has 1 aromatic heterocycles. The number of rotatable bonds is 9. The van der Waals surface area contributed by atoms with Crippen molar-refractivity contribution < 1.29 is 14.2 Å². The van der Waals surface area contributed by atoms with E-state index in [2.05, 4.69) is 16.2 Å². The highest BCUT2D eigenvalue weighted by atomic mass is 32.1. The average molecular weight is 289 g/mol. The summed E-state index contributed by atoms with van der Waals surface area (Å²) in [6.07, 6.45) is 0. The molecule has 0 aliphatic rings. The molecular formula is C12H23N3O3S. The summed E-state index contributed by atoms with van der Waals surface area (Å²) >= 11 is 1.34. The molecule has 1 atom stereocenters. The van der Waals surface area contributed by atoms with Gasteiger partial charge in [-0.1, -0.05) is 0 Å². The maximum atomic E-state index is 5.85. The Balaban J connectivity index is 2.95. The minimum Gasteiger partial charge on any atom is -0.487 e. The van der Waals surface area contributed by atoms with Gasteiger partial charge in [-0.05, 0) is 25.4 Å². The van der Waals surface area contributed by atoms with E-state index in [1.165, 1.54) is 11.5 Å². The van der Waals surface area contributed by atoms with Crippen LogP contribution >= 0.6 is 11.5 Å². The van der Waals surface area contributed by atoms with E-state index in [4.69, 9.17) is 19.9 Å². The van der Waals surface area contributed by atoms with Crippen LogP contribution in [0.3, 0.4) is 0 Å². The van der Waals surface area contributed by atoms with Gasteiger partial charge in [-0.3, -0.25) is 0 Å². The third kappa shape index (κ3) is 4.22. The van der Waals surface area contributed by atoms with E-state index in [0.29, 0.717) is 31.4 Å².